The van der Waals surface area contributed by atoms with Crippen molar-refractivity contribution in [2.24, 2.45) is 0 Å². The summed E-state index contributed by atoms with van der Waals surface area (Å²) in [5, 5.41) is 3.51. The maximum absolute atomic E-state index is 4.60. The maximum atomic E-state index is 4.60. The molecule has 1 heterocycles. The quantitative estimate of drug-likeness (QED) is 0.172. The minimum Gasteiger partial charge on any atom is -0.378 e. The molecule has 0 fully saturated rings. The maximum Gasteiger partial charge on any atom is 0.0818 e. The Morgan fingerprint density at radius 3 is 2.68 bits per heavy atom. The summed E-state index contributed by atoms with van der Waals surface area (Å²) in [6, 6.07) is 25.1. The zero-order chi connectivity index (χ0) is 26.3. The van der Waals surface area contributed by atoms with Crippen molar-refractivity contribution < 1.29 is 0 Å². The lowest BCUT2D eigenvalue weighted by Crippen LogP contribution is -2.16. The van der Waals surface area contributed by atoms with Crippen LogP contribution in [-0.4, -0.2) is 37.1 Å². The van der Waals surface area contributed by atoms with Gasteiger partial charge in [0.1, 0.15) is 0 Å². The van der Waals surface area contributed by atoms with Gasteiger partial charge in [0.2, 0.25) is 0 Å². The van der Waals surface area contributed by atoms with Gasteiger partial charge in [0, 0.05) is 26.3 Å². The van der Waals surface area contributed by atoms with Gasteiger partial charge in [-0.2, -0.15) is 0 Å². The van der Waals surface area contributed by atoms with E-state index in [2.05, 4.69) is 95.8 Å². The number of thiazole rings is 1. The van der Waals surface area contributed by atoms with Crippen LogP contribution in [0.5, 0.6) is 0 Å². The Bertz CT molecular complexity index is 1460. The number of hydrogen-bond donors (Lipinski definition) is 1. The molecule has 0 saturated heterocycles. The first-order valence-electron chi connectivity index (χ1n) is 13.6. The van der Waals surface area contributed by atoms with Crippen LogP contribution in [0.4, 0.5) is 0 Å². The molecule has 0 spiro atoms. The fourth-order valence-corrected chi connectivity index (χ4v) is 5.83. The van der Waals surface area contributed by atoms with Crippen LogP contribution in [0.2, 0.25) is 0 Å². The Balaban J connectivity index is 1.34. The molecule has 3 aromatic carbocycles. The van der Waals surface area contributed by atoms with Crippen LogP contribution < -0.4 is 5.32 Å². The number of benzene rings is 3. The molecular weight excluding hydrogens is 482 g/mol. The van der Waals surface area contributed by atoms with Crippen LogP contribution in [0.15, 0.2) is 96.7 Å². The summed E-state index contributed by atoms with van der Waals surface area (Å²) in [6.07, 6.45) is 9.74. The van der Waals surface area contributed by atoms with E-state index >= 15 is 0 Å². The van der Waals surface area contributed by atoms with Gasteiger partial charge in [-0.15, -0.1) is 11.3 Å². The lowest BCUT2D eigenvalue weighted by Gasteiger charge is -2.17. The average molecular weight is 520 g/mol. The van der Waals surface area contributed by atoms with Gasteiger partial charge in [0.05, 0.1) is 15.7 Å². The van der Waals surface area contributed by atoms with Crippen LogP contribution in [0.1, 0.15) is 47.1 Å². The summed E-state index contributed by atoms with van der Waals surface area (Å²) in [4.78, 5) is 6.62. The number of aryl methyl sites for hydroxylation is 2. The molecule has 0 bridgehead atoms. The molecule has 194 valence electrons. The minimum atomic E-state index is 0.870. The van der Waals surface area contributed by atoms with Crippen molar-refractivity contribution in [1.29, 1.82) is 0 Å². The number of allylic oxidation sites excluding steroid dienone is 2. The number of aromatic nitrogens is 1. The Hall–Kier alpha value is -3.47. The lowest BCUT2D eigenvalue weighted by molar-refractivity contribution is 0.532. The third kappa shape index (κ3) is 6.15. The monoisotopic (exact) mass is 519 g/mol. The fraction of sp³-hybridized carbons (Fsp3) is 0.265. The zero-order valence-electron chi connectivity index (χ0n) is 22.5. The number of likely N-dealkylation sites (N-methyl/N-ethyl adjacent to an activating group) is 1. The van der Waals surface area contributed by atoms with Gasteiger partial charge in [0.25, 0.3) is 0 Å². The smallest absolute Gasteiger partial charge is 0.0818 e. The molecular formula is C34H37N3S. The topological polar surface area (TPSA) is 28.2 Å². The first-order valence-corrected chi connectivity index (χ1v) is 14.5. The van der Waals surface area contributed by atoms with Crippen molar-refractivity contribution >= 4 is 32.7 Å². The SMILES string of the molecule is C=C(/C=C/CNCCCc1ccc(C2=C(c3ccc4scnc4c3)CCCc3ccccc32)cc1)N(C)C. The highest BCUT2D eigenvalue weighted by Gasteiger charge is 2.20. The summed E-state index contributed by atoms with van der Waals surface area (Å²) >= 11 is 1.71. The van der Waals surface area contributed by atoms with Gasteiger partial charge in [-0.05, 0) is 95.8 Å². The summed E-state index contributed by atoms with van der Waals surface area (Å²) in [7, 11) is 4.03. The molecule has 1 aromatic heterocycles. The molecule has 0 unspecified atom stereocenters. The molecule has 0 aliphatic heterocycles. The lowest BCUT2D eigenvalue weighted by atomic mass is 9.87. The first kappa shape index (κ1) is 26.1. The van der Waals surface area contributed by atoms with E-state index in [9.17, 15) is 0 Å². The molecule has 0 atom stereocenters. The second-order valence-electron chi connectivity index (χ2n) is 10.2. The molecule has 4 aromatic rings. The van der Waals surface area contributed by atoms with E-state index in [1.165, 1.54) is 43.7 Å². The number of rotatable bonds is 10. The molecule has 38 heavy (non-hydrogen) atoms. The Labute approximate surface area is 231 Å². The second kappa shape index (κ2) is 12.4. The number of nitrogens with zero attached hydrogens (tertiary/aromatic N) is 2. The molecule has 0 amide bonds. The number of hydrogen-bond acceptors (Lipinski definition) is 4. The Morgan fingerprint density at radius 2 is 1.84 bits per heavy atom. The minimum absolute atomic E-state index is 0.870. The fourth-order valence-electron chi connectivity index (χ4n) is 5.17. The van der Waals surface area contributed by atoms with Gasteiger partial charge in [-0.25, -0.2) is 4.98 Å². The number of fused-ring (bicyclic) bond motifs is 2. The molecule has 5 rings (SSSR count). The molecule has 0 saturated carbocycles. The van der Waals surface area contributed by atoms with E-state index < -0.39 is 0 Å². The van der Waals surface area contributed by atoms with Crippen molar-refractivity contribution in [1.82, 2.24) is 15.2 Å². The largest absolute Gasteiger partial charge is 0.378 e. The predicted octanol–water partition coefficient (Wildman–Crippen LogP) is 7.75. The molecule has 0 radical (unpaired) electrons. The molecule has 4 heteroatoms. The van der Waals surface area contributed by atoms with E-state index in [0.29, 0.717) is 0 Å². The van der Waals surface area contributed by atoms with Crippen LogP contribution in [0.3, 0.4) is 0 Å². The Kier molecular flexibility index (Phi) is 8.52. The average Bonchev–Trinajstić information content (AvgIpc) is 3.32. The van der Waals surface area contributed by atoms with Crippen molar-refractivity contribution in [2.75, 3.05) is 27.2 Å². The standard InChI is InChI=1S/C34H37N3S/c1-25(37(2)3)9-7-21-35-22-8-10-26-15-17-28(18-16-26)34-30-13-5-4-11-27(30)12-6-14-31(34)29-19-20-33-32(23-29)36-24-38-33/h4-5,7,9,11,13,15-20,23-24,35H,1,6,8,10,12,14,21-22H2,2-3H3/b9-7+. The zero-order valence-corrected chi connectivity index (χ0v) is 23.4. The van der Waals surface area contributed by atoms with Crippen LogP contribution in [0.25, 0.3) is 21.4 Å². The normalized spacial score (nSPS) is 13.6. The highest BCUT2D eigenvalue weighted by molar-refractivity contribution is 7.16. The third-order valence-corrected chi connectivity index (χ3v) is 8.16. The van der Waals surface area contributed by atoms with E-state index in [-0.39, 0.29) is 0 Å². The molecule has 1 N–H and O–H groups in total. The van der Waals surface area contributed by atoms with E-state index in [0.717, 1.165) is 56.4 Å². The van der Waals surface area contributed by atoms with Gasteiger partial charge < -0.3 is 10.2 Å². The van der Waals surface area contributed by atoms with E-state index in [1.807, 2.05) is 24.5 Å². The van der Waals surface area contributed by atoms with Crippen LogP contribution in [-0.2, 0) is 12.8 Å². The highest BCUT2D eigenvalue weighted by Crippen LogP contribution is 2.40. The summed E-state index contributed by atoms with van der Waals surface area (Å²) in [6.45, 7) is 5.90. The van der Waals surface area contributed by atoms with Crippen LogP contribution >= 0.6 is 11.3 Å². The van der Waals surface area contributed by atoms with Crippen molar-refractivity contribution in [2.45, 2.75) is 32.1 Å². The van der Waals surface area contributed by atoms with Gasteiger partial charge in [0.15, 0.2) is 0 Å². The second-order valence-corrected chi connectivity index (χ2v) is 11.1. The molecule has 3 nitrogen and oxygen atoms in total. The van der Waals surface area contributed by atoms with E-state index in [4.69, 9.17) is 0 Å². The molecule has 1 aliphatic rings. The van der Waals surface area contributed by atoms with Gasteiger partial charge in [-0.1, -0.05) is 67.3 Å². The summed E-state index contributed by atoms with van der Waals surface area (Å²) in [5.74, 6) is 0. The van der Waals surface area contributed by atoms with Crippen LogP contribution in [0, 0.1) is 0 Å². The van der Waals surface area contributed by atoms with Crippen molar-refractivity contribution in [3.63, 3.8) is 0 Å². The first-order chi connectivity index (χ1) is 18.6. The highest BCUT2D eigenvalue weighted by atomic mass is 32.1. The number of nitrogens with one attached hydrogen (secondary N) is 1. The summed E-state index contributed by atoms with van der Waals surface area (Å²) in [5.41, 5.74) is 13.7. The van der Waals surface area contributed by atoms with E-state index in [1.54, 1.807) is 11.3 Å². The summed E-state index contributed by atoms with van der Waals surface area (Å²) < 4.78 is 1.25. The van der Waals surface area contributed by atoms with Gasteiger partial charge in [-0.3, -0.25) is 0 Å². The van der Waals surface area contributed by atoms with Crippen molar-refractivity contribution in [3.8, 4) is 0 Å². The Morgan fingerprint density at radius 1 is 1.03 bits per heavy atom. The predicted molar refractivity (Wildman–Crippen MR) is 165 cm³/mol. The van der Waals surface area contributed by atoms with Gasteiger partial charge >= 0.3 is 0 Å². The molecule has 1 aliphatic carbocycles. The third-order valence-electron chi connectivity index (χ3n) is 7.35. The van der Waals surface area contributed by atoms with Crippen molar-refractivity contribution in [3.05, 3.63) is 124 Å².